The highest BCUT2D eigenvalue weighted by Gasteiger charge is 2.22. The number of hydrogen-bond donors (Lipinski definition) is 0. The van der Waals surface area contributed by atoms with Crippen molar-refractivity contribution in [1.82, 2.24) is 15.0 Å². The largest absolute Gasteiger partial charge is 0.238 e. The van der Waals surface area contributed by atoms with Crippen molar-refractivity contribution < 1.29 is 0 Å². The molecule has 13 heavy (non-hydrogen) atoms. The molecule has 1 aromatic rings. The molecule has 0 radical (unpaired) electrons. The molecule has 0 N–H and O–H groups in total. The number of rotatable bonds is 2. The highest BCUT2D eigenvalue weighted by atomic mass is 79.9. The van der Waals surface area contributed by atoms with E-state index in [0.29, 0.717) is 0 Å². The standard InChI is InChI=1S/C9H16BrN3/c1-5-6-13-8(10)7(11-12-13)9(2,3)4/h5-6H2,1-4H3. The third kappa shape index (κ3) is 2.30. The van der Waals surface area contributed by atoms with Crippen LogP contribution in [0.2, 0.25) is 0 Å². The molecular formula is C9H16BrN3. The van der Waals surface area contributed by atoms with Gasteiger partial charge in [0.2, 0.25) is 0 Å². The van der Waals surface area contributed by atoms with Gasteiger partial charge in [-0.2, -0.15) is 0 Å². The van der Waals surface area contributed by atoms with Crippen LogP contribution in [0.25, 0.3) is 0 Å². The Hall–Kier alpha value is -0.380. The fourth-order valence-electron chi connectivity index (χ4n) is 1.12. The first-order chi connectivity index (χ1) is 5.96. The topological polar surface area (TPSA) is 30.7 Å². The van der Waals surface area contributed by atoms with Gasteiger partial charge in [0, 0.05) is 12.0 Å². The van der Waals surface area contributed by atoms with Crippen LogP contribution in [0.15, 0.2) is 4.60 Å². The van der Waals surface area contributed by atoms with Crippen LogP contribution < -0.4 is 0 Å². The van der Waals surface area contributed by atoms with Crippen LogP contribution in [0.5, 0.6) is 0 Å². The number of hydrogen-bond acceptors (Lipinski definition) is 2. The summed E-state index contributed by atoms with van der Waals surface area (Å²) in [4.78, 5) is 0. The Morgan fingerprint density at radius 1 is 1.38 bits per heavy atom. The van der Waals surface area contributed by atoms with Crippen LogP contribution in [0.4, 0.5) is 0 Å². The molecule has 1 heterocycles. The van der Waals surface area contributed by atoms with Crippen molar-refractivity contribution in [3.8, 4) is 0 Å². The minimum atomic E-state index is 0.0603. The monoisotopic (exact) mass is 245 g/mol. The van der Waals surface area contributed by atoms with Gasteiger partial charge in [0.15, 0.2) is 0 Å². The van der Waals surface area contributed by atoms with Crippen LogP contribution in [-0.4, -0.2) is 15.0 Å². The first-order valence-electron chi connectivity index (χ1n) is 4.56. The number of nitrogens with zero attached hydrogens (tertiary/aromatic N) is 3. The minimum Gasteiger partial charge on any atom is -0.238 e. The van der Waals surface area contributed by atoms with Crippen molar-refractivity contribution in [2.24, 2.45) is 0 Å². The maximum Gasteiger partial charge on any atom is 0.128 e. The van der Waals surface area contributed by atoms with Gasteiger partial charge in [0.05, 0.1) is 0 Å². The third-order valence-corrected chi connectivity index (χ3v) is 2.61. The van der Waals surface area contributed by atoms with Crippen molar-refractivity contribution >= 4 is 15.9 Å². The Bertz CT molecular complexity index is 286. The summed E-state index contributed by atoms with van der Waals surface area (Å²) in [6, 6.07) is 0. The summed E-state index contributed by atoms with van der Waals surface area (Å²) in [6.45, 7) is 9.46. The fraction of sp³-hybridized carbons (Fsp3) is 0.778. The first kappa shape index (κ1) is 10.7. The van der Waals surface area contributed by atoms with Gasteiger partial charge in [0.25, 0.3) is 0 Å². The van der Waals surface area contributed by atoms with Crippen LogP contribution in [0.1, 0.15) is 39.8 Å². The van der Waals surface area contributed by atoms with Gasteiger partial charge in [-0.05, 0) is 22.4 Å². The van der Waals surface area contributed by atoms with Gasteiger partial charge < -0.3 is 0 Å². The lowest BCUT2D eigenvalue weighted by atomic mass is 9.93. The summed E-state index contributed by atoms with van der Waals surface area (Å²) < 4.78 is 2.92. The zero-order chi connectivity index (χ0) is 10.1. The summed E-state index contributed by atoms with van der Waals surface area (Å²) in [5, 5.41) is 8.26. The maximum atomic E-state index is 4.17. The van der Waals surface area contributed by atoms with Crippen molar-refractivity contribution in [2.75, 3.05) is 0 Å². The molecule has 0 spiro atoms. The van der Waals surface area contributed by atoms with Crippen LogP contribution in [0, 0.1) is 0 Å². The predicted octanol–water partition coefficient (Wildman–Crippen LogP) is 2.75. The molecule has 1 rings (SSSR count). The van der Waals surface area contributed by atoms with E-state index in [1.165, 1.54) is 0 Å². The van der Waals surface area contributed by atoms with Gasteiger partial charge in [-0.1, -0.05) is 32.9 Å². The van der Waals surface area contributed by atoms with Crippen molar-refractivity contribution in [1.29, 1.82) is 0 Å². The lowest BCUT2D eigenvalue weighted by Crippen LogP contribution is -2.12. The molecule has 0 amide bonds. The molecule has 0 aliphatic heterocycles. The van der Waals surface area contributed by atoms with Gasteiger partial charge in [0.1, 0.15) is 10.3 Å². The first-order valence-corrected chi connectivity index (χ1v) is 5.35. The summed E-state index contributed by atoms with van der Waals surface area (Å²) in [5.74, 6) is 0. The molecule has 0 aliphatic carbocycles. The lowest BCUT2D eigenvalue weighted by molar-refractivity contribution is 0.564. The van der Waals surface area contributed by atoms with Crippen LogP contribution in [0.3, 0.4) is 0 Å². The fourth-order valence-corrected chi connectivity index (χ4v) is 2.04. The summed E-state index contributed by atoms with van der Waals surface area (Å²) in [7, 11) is 0. The van der Waals surface area contributed by atoms with Crippen molar-refractivity contribution in [3.63, 3.8) is 0 Å². The third-order valence-electron chi connectivity index (χ3n) is 1.82. The van der Waals surface area contributed by atoms with E-state index < -0.39 is 0 Å². The van der Waals surface area contributed by atoms with Crippen molar-refractivity contribution in [2.45, 2.75) is 46.1 Å². The molecule has 3 nitrogen and oxygen atoms in total. The quantitative estimate of drug-likeness (QED) is 0.803. The molecule has 0 saturated carbocycles. The van der Waals surface area contributed by atoms with E-state index in [9.17, 15) is 0 Å². The van der Waals surface area contributed by atoms with Crippen LogP contribution in [-0.2, 0) is 12.0 Å². The van der Waals surface area contributed by atoms with Gasteiger partial charge >= 0.3 is 0 Å². The Morgan fingerprint density at radius 3 is 2.38 bits per heavy atom. The summed E-state index contributed by atoms with van der Waals surface area (Å²) in [6.07, 6.45) is 1.07. The average molecular weight is 246 g/mol. The van der Waals surface area contributed by atoms with E-state index in [1.807, 2.05) is 4.68 Å². The van der Waals surface area contributed by atoms with Gasteiger partial charge in [-0.15, -0.1) is 5.10 Å². The predicted molar refractivity (Wildman–Crippen MR) is 56.7 cm³/mol. The van der Waals surface area contributed by atoms with E-state index in [4.69, 9.17) is 0 Å². The molecule has 4 heteroatoms. The molecule has 0 atom stereocenters. The lowest BCUT2D eigenvalue weighted by Gasteiger charge is -2.14. The maximum absolute atomic E-state index is 4.17. The Balaban J connectivity index is 2.99. The van der Waals surface area contributed by atoms with E-state index in [2.05, 4.69) is 53.9 Å². The second kappa shape index (κ2) is 3.78. The molecule has 0 aliphatic rings. The zero-order valence-electron chi connectivity index (χ0n) is 8.63. The Morgan fingerprint density at radius 2 is 2.00 bits per heavy atom. The minimum absolute atomic E-state index is 0.0603. The number of aromatic nitrogens is 3. The molecule has 0 fully saturated rings. The smallest absolute Gasteiger partial charge is 0.128 e. The van der Waals surface area contributed by atoms with E-state index >= 15 is 0 Å². The molecule has 74 valence electrons. The summed E-state index contributed by atoms with van der Waals surface area (Å²) >= 11 is 3.53. The molecule has 0 aromatic carbocycles. The van der Waals surface area contributed by atoms with E-state index in [1.54, 1.807) is 0 Å². The highest BCUT2D eigenvalue weighted by molar-refractivity contribution is 9.10. The molecule has 1 aromatic heterocycles. The van der Waals surface area contributed by atoms with E-state index in [-0.39, 0.29) is 5.41 Å². The van der Waals surface area contributed by atoms with Crippen molar-refractivity contribution in [3.05, 3.63) is 10.3 Å². The molecule has 0 bridgehead atoms. The van der Waals surface area contributed by atoms with Gasteiger partial charge in [-0.3, -0.25) is 0 Å². The highest BCUT2D eigenvalue weighted by Crippen LogP contribution is 2.27. The second-order valence-corrected chi connectivity index (χ2v) is 4.95. The number of halogens is 1. The SMILES string of the molecule is CCCn1nnc(C(C)(C)C)c1Br. The molecular weight excluding hydrogens is 230 g/mol. The van der Waals surface area contributed by atoms with Gasteiger partial charge in [-0.25, -0.2) is 4.68 Å². The Kier molecular flexibility index (Phi) is 3.11. The normalized spacial score (nSPS) is 12.1. The summed E-state index contributed by atoms with van der Waals surface area (Å²) in [5.41, 5.74) is 1.09. The average Bonchev–Trinajstić information content (AvgIpc) is 2.32. The number of aryl methyl sites for hydroxylation is 1. The molecule has 0 unspecified atom stereocenters. The zero-order valence-corrected chi connectivity index (χ0v) is 10.2. The van der Waals surface area contributed by atoms with Crippen LogP contribution >= 0.6 is 15.9 Å². The Labute approximate surface area is 87.6 Å². The molecule has 0 saturated heterocycles. The van der Waals surface area contributed by atoms with E-state index in [0.717, 1.165) is 23.3 Å². The second-order valence-electron chi connectivity index (χ2n) is 4.20.